The van der Waals surface area contributed by atoms with Gasteiger partial charge in [-0.1, -0.05) is 13.8 Å². The van der Waals surface area contributed by atoms with E-state index in [-0.39, 0.29) is 11.3 Å². The normalized spacial score (nSPS) is 12.4. The largest absolute Gasteiger partial charge is 0.417 e. The van der Waals surface area contributed by atoms with Crippen molar-refractivity contribution in [3.05, 3.63) is 41.1 Å². The third-order valence-corrected chi connectivity index (χ3v) is 3.06. The standard InChI is InChI=1S/C14H14F3N/c1-8(2)10-7-11-12(14(15,16)17)4-5-18-13(11)6-9(10)3/h4-8H,1-3H3. The van der Waals surface area contributed by atoms with Crippen molar-refractivity contribution in [2.45, 2.75) is 32.9 Å². The van der Waals surface area contributed by atoms with Crippen LogP contribution in [0.1, 0.15) is 36.5 Å². The highest BCUT2D eigenvalue weighted by atomic mass is 19.4. The number of pyridine rings is 1. The van der Waals surface area contributed by atoms with Gasteiger partial charge in [0.2, 0.25) is 0 Å². The van der Waals surface area contributed by atoms with Crippen LogP contribution in [0.3, 0.4) is 0 Å². The van der Waals surface area contributed by atoms with E-state index in [2.05, 4.69) is 4.98 Å². The van der Waals surface area contributed by atoms with Crippen LogP contribution >= 0.6 is 0 Å². The molecule has 0 N–H and O–H groups in total. The summed E-state index contributed by atoms with van der Waals surface area (Å²) in [6.45, 7) is 5.84. The maximum Gasteiger partial charge on any atom is 0.417 e. The Labute approximate surface area is 104 Å². The first-order chi connectivity index (χ1) is 8.30. The minimum Gasteiger partial charge on any atom is -0.256 e. The van der Waals surface area contributed by atoms with E-state index in [0.717, 1.165) is 17.2 Å². The number of alkyl halides is 3. The van der Waals surface area contributed by atoms with Crippen LogP contribution in [0, 0.1) is 6.92 Å². The minimum atomic E-state index is -4.34. The van der Waals surface area contributed by atoms with E-state index in [1.54, 1.807) is 12.1 Å². The Morgan fingerprint density at radius 1 is 1.17 bits per heavy atom. The van der Waals surface area contributed by atoms with E-state index in [4.69, 9.17) is 0 Å². The van der Waals surface area contributed by atoms with Gasteiger partial charge < -0.3 is 0 Å². The van der Waals surface area contributed by atoms with Crippen LogP contribution < -0.4 is 0 Å². The molecule has 0 aliphatic rings. The third kappa shape index (κ3) is 2.19. The van der Waals surface area contributed by atoms with E-state index in [1.807, 2.05) is 20.8 Å². The molecule has 0 saturated carbocycles. The minimum absolute atomic E-state index is 0.180. The molecule has 0 atom stereocenters. The lowest BCUT2D eigenvalue weighted by atomic mass is 9.94. The maximum atomic E-state index is 12.9. The summed E-state index contributed by atoms with van der Waals surface area (Å²) in [5.74, 6) is 0.190. The molecule has 2 aromatic rings. The molecule has 0 spiro atoms. The highest BCUT2D eigenvalue weighted by Crippen LogP contribution is 2.35. The van der Waals surface area contributed by atoms with Crippen molar-refractivity contribution in [1.29, 1.82) is 0 Å². The zero-order chi connectivity index (χ0) is 13.5. The Hall–Kier alpha value is -1.58. The summed E-state index contributed by atoms with van der Waals surface area (Å²) in [7, 11) is 0. The Bertz CT molecular complexity index is 585. The monoisotopic (exact) mass is 253 g/mol. The Kier molecular flexibility index (Phi) is 3.05. The summed E-state index contributed by atoms with van der Waals surface area (Å²) in [5, 5.41) is 0.180. The number of hydrogen-bond acceptors (Lipinski definition) is 1. The van der Waals surface area contributed by atoms with Crippen LogP contribution in [0.25, 0.3) is 10.9 Å². The molecule has 18 heavy (non-hydrogen) atoms. The molecule has 0 amide bonds. The lowest BCUT2D eigenvalue weighted by molar-refractivity contribution is -0.136. The van der Waals surface area contributed by atoms with Crippen molar-refractivity contribution in [3.63, 3.8) is 0 Å². The van der Waals surface area contributed by atoms with Gasteiger partial charge in [-0.2, -0.15) is 13.2 Å². The topological polar surface area (TPSA) is 12.9 Å². The summed E-state index contributed by atoms with van der Waals surface area (Å²) in [4.78, 5) is 4.02. The van der Waals surface area contributed by atoms with Crippen molar-refractivity contribution < 1.29 is 13.2 Å². The molecule has 1 nitrogen and oxygen atoms in total. The van der Waals surface area contributed by atoms with Crippen LogP contribution in [0.5, 0.6) is 0 Å². The van der Waals surface area contributed by atoms with Crippen molar-refractivity contribution in [2.75, 3.05) is 0 Å². The van der Waals surface area contributed by atoms with Crippen molar-refractivity contribution >= 4 is 10.9 Å². The van der Waals surface area contributed by atoms with Crippen molar-refractivity contribution in [3.8, 4) is 0 Å². The molecule has 0 bridgehead atoms. The molecule has 1 aromatic carbocycles. The fourth-order valence-electron chi connectivity index (χ4n) is 2.18. The van der Waals surface area contributed by atoms with E-state index in [0.29, 0.717) is 5.52 Å². The fraction of sp³-hybridized carbons (Fsp3) is 0.357. The highest BCUT2D eigenvalue weighted by Gasteiger charge is 2.32. The average molecular weight is 253 g/mol. The summed E-state index contributed by atoms with van der Waals surface area (Å²) in [6, 6.07) is 4.37. The quantitative estimate of drug-likeness (QED) is 0.718. The van der Waals surface area contributed by atoms with Crippen LogP contribution in [0.15, 0.2) is 24.4 Å². The SMILES string of the molecule is Cc1cc2nccc(C(F)(F)F)c2cc1C(C)C. The van der Waals surface area contributed by atoms with Gasteiger partial charge in [0.05, 0.1) is 11.1 Å². The third-order valence-electron chi connectivity index (χ3n) is 3.06. The van der Waals surface area contributed by atoms with Gasteiger partial charge in [0.1, 0.15) is 0 Å². The average Bonchev–Trinajstić information content (AvgIpc) is 2.25. The first kappa shape index (κ1) is 12.9. The van der Waals surface area contributed by atoms with Gasteiger partial charge in [-0.3, -0.25) is 4.98 Å². The number of rotatable bonds is 1. The predicted octanol–water partition coefficient (Wildman–Crippen LogP) is 4.69. The Morgan fingerprint density at radius 3 is 2.39 bits per heavy atom. The van der Waals surface area contributed by atoms with Gasteiger partial charge in [0.15, 0.2) is 0 Å². The number of fused-ring (bicyclic) bond motifs is 1. The molecule has 96 valence electrons. The molecule has 0 aliphatic heterocycles. The van der Waals surface area contributed by atoms with Gasteiger partial charge in [-0.25, -0.2) is 0 Å². The van der Waals surface area contributed by atoms with Crippen LogP contribution in [0.4, 0.5) is 13.2 Å². The summed E-state index contributed by atoms with van der Waals surface area (Å²) >= 11 is 0. The lowest BCUT2D eigenvalue weighted by Crippen LogP contribution is -2.07. The molecular weight excluding hydrogens is 239 g/mol. The molecular formula is C14H14F3N. The predicted molar refractivity (Wildman–Crippen MR) is 65.6 cm³/mol. The number of benzene rings is 1. The first-order valence-electron chi connectivity index (χ1n) is 5.77. The number of hydrogen-bond donors (Lipinski definition) is 0. The van der Waals surface area contributed by atoms with E-state index in [9.17, 15) is 13.2 Å². The zero-order valence-electron chi connectivity index (χ0n) is 10.5. The molecule has 1 aromatic heterocycles. The second-order valence-electron chi connectivity index (χ2n) is 4.74. The molecule has 4 heteroatoms. The van der Waals surface area contributed by atoms with Crippen LogP contribution in [0.2, 0.25) is 0 Å². The molecule has 0 unspecified atom stereocenters. The van der Waals surface area contributed by atoms with Gasteiger partial charge in [-0.15, -0.1) is 0 Å². The number of nitrogens with zero attached hydrogens (tertiary/aromatic N) is 1. The Morgan fingerprint density at radius 2 is 1.83 bits per heavy atom. The first-order valence-corrected chi connectivity index (χ1v) is 5.77. The van der Waals surface area contributed by atoms with E-state index in [1.165, 1.54) is 6.20 Å². The summed E-state index contributed by atoms with van der Waals surface area (Å²) in [5.41, 5.74) is 1.69. The van der Waals surface area contributed by atoms with Gasteiger partial charge in [-0.05, 0) is 42.2 Å². The number of halogens is 3. The molecule has 0 fully saturated rings. The summed E-state index contributed by atoms with van der Waals surface area (Å²) in [6.07, 6.45) is -3.13. The smallest absolute Gasteiger partial charge is 0.256 e. The number of aryl methyl sites for hydroxylation is 1. The van der Waals surface area contributed by atoms with Gasteiger partial charge >= 0.3 is 6.18 Å². The maximum absolute atomic E-state index is 12.9. The van der Waals surface area contributed by atoms with Gasteiger partial charge in [0.25, 0.3) is 0 Å². The highest BCUT2D eigenvalue weighted by molar-refractivity contribution is 5.84. The Balaban J connectivity index is 2.80. The van der Waals surface area contributed by atoms with Crippen molar-refractivity contribution in [1.82, 2.24) is 4.98 Å². The van der Waals surface area contributed by atoms with Gasteiger partial charge in [0, 0.05) is 11.6 Å². The second kappa shape index (κ2) is 4.26. The molecule has 1 heterocycles. The van der Waals surface area contributed by atoms with E-state index >= 15 is 0 Å². The lowest BCUT2D eigenvalue weighted by Gasteiger charge is -2.14. The fourth-order valence-corrected chi connectivity index (χ4v) is 2.18. The van der Waals surface area contributed by atoms with Crippen LogP contribution in [-0.4, -0.2) is 4.98 Å². The van der Waals surface area contributed by atoms with Crippen molar-refractivity contribution in [2.24, 2.45) is 0 Å². The second-order valence-corrected chi connectivity index (χ2v) is 4.74. The summed E-state index contributed by atoms with van der Waals surface area (Å²) < 4.78 is 38.8. The number of aromatic nitrogens is 1. The van der Waals surface area contributed by atoms with E-state index < -0.39 is 11.7 Å². The zero-order valence-corrected chi connectivity index (χ0v) is 10.5. The molecule has 2 rings (SSSR count). The molecule has 0 saturated heterocycles. The molecule has 0 aliphatic carbocycles. The molecule has 0 radical (unpaired) electrons. The van der Waals surface area contributed by atoms with Crippen LogP contribution in [-0.2, 0) is 6.18 Å².